The van der Waals surface area contributed by atoms with E-state index in [-0.39, 0.29) is 24.3 Å². The summed E-state index contributed by atoms with van der Waals surface area (Å²) in [6.45, 7) is 1.20. The van der Waals surface area contributed by atoms with Crippen molar-refractivity contribution in [1.82, 2.24) is 10.2 Å². The summed E-state index contributed by atoms with van der Waals surface area (Å²) in [5.41, 5.74) is 2.32. The lowest BCUT2D eigenvalue weighted by molar-refractivity contribution is -0.114. The first-order valence-corrected chi connectivity index (χ1v) is 9.63. The molecule has 30 heavy (non-hydrogen) atoms. The highest BCUT2D eigenvalue weighted by atomic mass is 16.5. The summed E-state index contributed by atoms with van der Waals surface area (Å²) in [6, 6.07) is 13.7. The van der Waals surface area contributed by atoms with Gasteiger partial charge in [0.2, 0.25) is 5.91 Å². The maximum absolute atomic E-state index is 12.2. The van der Waals surface area contributed by atoms with Crippen molar-refractivity contribution < 1.29 is 19.1 Å². The SMILES string of the molecule is COCCCNC(=O)c1ccc(NCC(=O)Nc2cccc(C(=O)N(C)C)c2)cc1. The first-order chi connectivity index (χ1) is 14.4. The maximum atomic E-state index is 12.2. The van der Waals surface area contributed by atoms with Gasteiger partial charge in [0.05, 0.1) is 6.54 Å². The average Bonchev–Trinajstić information content (AvgIpc) is 2.75. The van der Waals surface area contributed by atoms with E-state index in [1.807, 2.05) is 0 Å². The third-order valence-electron chi connectivity index (χ3n) is 4.21. The average molecular weight is 412 g/mol. The fourth-order valence-electron chi connectivity index (χ4n) is 2.64. The van der Waals surface area contributed by atoms with Gasteiger partial charge in [-0.15, -0.1) is 0 Å². The zero-order chi connectivity index (χ0) is 21.9. The number of hydrogen-bond acceptors (Lipinski definition) is 5. The minimum absolute atomic E-state index is 0.0500. The third kappa shape index (κ3) is 7.21. The van der Waals surface area contributed by atoms with E-state index in [9.17, 15) is 14.4 Å². The number of amides is 3. The standard InChI is InChI=1S/C22H28N4O4/c1-26(2)22(29)17-6-4-7-19(14-17)25-20(27)15-24-18-10-8-16(9-11-18)21(28)23-12-5-13-30-3/h4,6-11,14,24H,5,12-13,15H2,1-3H3,(H,23,28)(H,25,27). The summed E-state index contributed by atoms with van der Waals surface area (Å²) in [7, 11) is 4.97. The molecule has 0 aliphatic rings. The highest BCUT2D eigenvalue weighted by Gasteiger charge is 2.10. The number of ether oxygens (including phenoxy) is 1. The third-order valence-corrected chi connectivity index (χ3v) is 4.21. The molecule has 0 saturated carbocycles. The topological polar surface area (TPSA) is 99.8 Å². The van der Waals surface area contributed by atoms with Crippen molar-refractivity contribution in [2.75, 3.05) is 51.5 Å². The summed E-state index contributed by atoms with van der Waals surface area (Å²) in [6.07, 6.45) is 0.753. The second-order valence-electron chi connectivity index (χ2n) is 6.86. The molecule has 0 spiro atoms. The molecule has 0 fully saturated rings. The van der Waals surface area contributed by atoms with Gasteiger partial charge in [-0.3, -0.25) is 14.4 Å². The van der Waals surface area contributed by atoms with Crippen LogP contribution in [0.2, 0.25) is 0 Å². The summed E-state index contributed by atoms with van der Waals surface area (Å²) >= 11 is 0. The second kappa shape index (κ2) is 11.6. The van der Waals surface area contributed by atoms with Gasteiger partial charge in [0.15, 0.2) is 0 Å². The van der Waals surface area contributed by atoms with Crippen LogP contribution in [0.1, 0.15) is 27.1 Å². The summed E-state index contributed by atoms with van der Waals surface area (Å²) in [4.78, 5) is 37.7. The van der Waals surface area contributed by atoms with Crippen LogP contribution in [0.25, 0.3) is 0 Å². The molecule has 0 atom stereocenters. The van der Waals surface area contributed by atoms with Crippen LogP contribution in [0.15, 0.2) is 48.5 Å². The Morgan fingerprint density at radius 1 is 0.967 bits per heavy atom. The quantitative estimate of drug-likeness (QED) is 0.520. The van der Waals surface area contributed by atoms with Crippen LogP contribution in [0.5, 0.6) is 0 Å². The minimum Gasteiger partial charge on any atom is -0.385 e. The molecule has 0 heterocycles. The molecule has 0 aliphatic carbocycles. The molecule has 0 aromatic heterocycles. The molecule has 3 N–H and O–H groups in total. The number of benzene rings is 2. The first-order valence-electron chi connectivity index (χ1n) is 9.63. The molecule has 0 radical (unpaired) electrons. The van der Waals surface area contributed by atoms with E-state index in [1.165, 1.54) is 4.90 Å². The van der Waals surface area contributed by atoms with Crippen LogP contribution >= 0.6 is 0 Å². The van der Waals surface area contributed by atoms with Crippen molar-refractivity contribution in [3.05, 3.63) is 59.7 Å². The largest absolute Gasteiger partial charge is 0.385 e. The molecule has 0 saturated heterocycles. The molecule has 160 valence electrons. The fraction of sp³-hybridized carbons (Fsp3) is 0.318. The molecule has 0 unspecified atom stereocenters. The number of methoxy groups -OCH3 is 1. The van der Waals surface area contributed by atoms with E-state index >= 15 is 0 Å². The molecule has 2 aromatic carbocycles. The Balaban J connectivity index is 1.83. The Labute approximate surface area is 176 Å². The van der Waals surface area contributed by atoms with Crippen LogP contribution < -0.4 is 16.0 Å². The predicted molar refractivity (Wildman–Crippen MR) is 117 cm³/mol. The fourth-order valence-corrected chi connectivity index (χ4v) is 2.64. The highest BCUT2D eigenvalue weighted by molar-refractivity contribution is 5.98. The lowest BCUT2D eigenvalue weighted by Crippen LogP contribution is -2.25. The molecule has 0 aliphatic heterocycles. The van der Waals surface area contributed by atoms with Crippen molar-refractivity contribution in [3.8, 4) is 0 Å². The van der Waals surface area contributed by atoms with Crippen molar-refractivity contribution >= 4 is 29.1 Å². The smallest absolute Gasteiger partial charge is 0.253 e. The van der Waals surface area contributed by atoms with Crippen molar-refractivity contribution in [3.63, 3.8) is 0 Å². The number of carbonyl (C=O) groups is 3. The van der Waals surface area contributed by atoms with Gasteiger partial charge < -0.3 is 25.6 Å². The number of nitrogens with one attached hydrogen (secondary N) is 3. The van der Waals surface area contributed by atoms with E-state index in [4.69, 9.17) is 4.74 Å². The van der Waals surface area contributed by atoms with E-state index in [2.05, 4.69) is 16.0 Å². The van der Waals surface area contributed by atoms with Gasteiger partial charge >= 0.3 is 0 Å². The monoisotopic (exact) mass is 412 g/mol. The van der Waals surface area contributed by atoms with E-state index < -0.39 is 0 Å². The van der Waals surface area contributed by atoms with Crippen LogP contribution in [-0.4, -0.2) is 63.5 Å². The van der Waals surface area contributed by atoms with Gasteiger partial charge in [0.1, 0.15) is 0 Å². The van der Waals surface area contributed by atoms with Crippen LogP contribution in [0.3, 0.4) is 0 Å². The van der Waals surface area contributed by atoms with Gasteiger partial charge in [0, 0.05) is 56.9 Å². The molecular formula is C22H28N4O4. The first kappa shape index (κ1) is 22.9. The van der Waals surface area contributed by atoms with Crippen LogP contribution in [0, 0.1) is 0 Å². The van der Waals surface area contributed by atoms with E-state index in [0.717, 1.165) is 12.1 Å². The number of hydrogen-bond donors (Lipinski definition) is 3. The van der Waals surface area contributed by atoms with Gasteiger partial charge in [-0.25, -0.2) is 0 Å². The number of carbonyl (C=O) groups excluding carboxylic acids is 3. The number of rotatable bonds is 10. The zero-order valence-electron chi connectivity index (χ0n) is 17.5. The molecule has 0 bridgehead atoms. The minimum atomic E-state index is -0.246. The summed E-state index contributed by atoms with van der Waals surface area (Å²) < 4.78 is 4.95. The Bertz CT molecular complexity index is 866. The van der Waals surface area contributed by atoms with Crippen LogP contribution in [-0.2, 0) is 9.53 Å². The van der Waals surface area contributed by atoms with Crippen LogP contribution in [0.4, 0.5) is 11.4 Å². The van der Waals surface area contributed by atoms with E-state index in [1.54, 1.807) is 69.7 Å². The number of nitrogens with zero attached hydrogens (tertiary/aromatic N) is 1. The lowest BCUT2D eigenvalue weighted by Gasteiger charge is -2.12. The lowest BCUT2D eigenvalue weighted by atomic mass is 10.2. The maximum Gasteiger partial charge on any atom is 0.253 e. The molecule has 8 heteroatoms. The Morgan fingerprint density at radius 2 is 1.70 bits per heavy atom. The highest BCUT2D eigenvalue weighted by Crippen LogP contribution is 2.13. The number of anilines is 2. The molecular weight excluding hydrogens is 384 g/mol. The van der Waals surface area contributed by atoms with Gasteiger partial charge in [-0.2, -0.15) is 0 Å². The Hall–Kier alpha value is -3.39. The Kier molecular flexibility index (Phi) is 8.83. The van der Waals surface area contributed by atoms with Crippen molar-refractivity contribution in [2.24, 2.45) is 0 Å². The van der Waals surface area contributed by atoms with Crippen molar-refractivity contribution in [2.45, 2.75) is 6.42 Å². The zero-order valence-corrected chi connectivity index (χ0v) is 17.5. The molecule has 3 amide bonds. The second-order valence-corrected chi connectivity index (χ2v) is 6.86. The van der Waals surface area contributed by atoms with Gasteiger partial charge in [-0.05, 0) is 48.9 Å². The predicted octanol–water partition coefficient (Wildman–Crippen LogP) is 2.21. The molecule has 8 nitrogen and oxygen atoms in total. The normalized spacial score (nSPS) is 10.2. The van der Waals surface area contributed by atoms with Gasteiger partial charge in [-0.1, -0.05) is 6.07 Å². The molecule has 2 aromatic rings. The Morgan fingerprint density at radius 3 is 2.37 bits per heavy atom. The van der Waals surface area contributed by atoms with Gasteiger partial charge in [0.25, 0.3) is 11.8 Å². The molecule has 2 rings (SSSR count). The van der Waals surface area contributed by atoms with Crippen molar-refractivity contribution in [1.29, 1.82) is 0 Å². The summed E-state index contributed by atoms with van der Waals surface area (Å²) in [5, 5.41) is 8.59. The summed E-state index contributed by atoms with van der Waals surface area (Å²) in [5.74, 6) is -0.529. The van der Waals surface area contributed by atoms with E-state index in [0.29, 0.717) is 30.0 Å².